The number of ether oxygens (including phenoxy) is 1. The molecular weight excluding hydrogens is 272 g/mol. The molecule has 1 atom stereocenters. The summed E-state index contributed by atoms with van der Waals surface area (Å²) in [6, 6.07) is 6.82. The van der Waals surface area contributed by atoms with Crippen molar-refractivity contribution >= 4 is 17.6 Å². The third kappa shape index (κ3) is 3.95. The number of benzene rings is 1. The Balaban J connectivity index is 2.08. The maximum atomic E-state index is 12.4. The first-order valence-corrected chi connectivity index (χ1v) is 7.01. The summed E-state index contributed by atoms with van der Waals surface area (Å²) in [7, 11) is 0. The minimum Gasteiger partial charge on any atom is -0.480 e. The molecule has 0 aromatic heterocycles. The normalized spacial score (nSPS) is 21.6. The second-order valence-corrected chi connectivity index (χ2v) is 5.35. The van der Waals surface area contributed by atoms with Crippen LogP contribution in [0.15, 0.2) is 24.3 Å². The van der Waals surface area contributed by atoms with Gasteiger partial charge in [0.25, 0.3) is 0 Å². The predicted molar refractivity (Wildman–Crippen MR) is 78.5 cm³/mol. The fourth-order valence-electron chi connectivity index (χ4n) is 2.35. The monoisotopic (exact) mass is 292 g/mol. The minimum atomic E-state index is -1.06. The maximum Gasteiger partial charge on any atom is 0.341 e. The molecule has 1 aliphatic rings. The van der Waals surface area contributed by atoms with Gasteiger partial charge >= 0.3 is 5.97 Å². The number of rotatable bonds is 5. The molecule has 1 heterocycles. The zero-order valence-corrected chi connectivity index (χ0v) is 12.0. The topological polar surface area (TPSA) is 87.7 Å². The first kappa shape index (κ1) is 15.3. The number of amides is 1. The number of carbonyl (C=O) groups is 2. The Labute approximate surface area is 123 Å². The minimum absolute atomic E-state index is 0.131. The average Bonchev–Trinajstić information content (AvgIpc) is 2.47. The number of carboxylic acid groups (broad SMARTS) is 1. The molecule has 0 radical (unpaired) electrons. The standard InChI is InChI=1S/C15H20N2O4/c1-15(8-4-5-9-16-15)14(20)17-11-6-2-3-7-12(11)21-10-13(18)19/h2-3,6-7,16H,4-5,8-10H2,1H3,(H,17,20)(H,18,19). The number of hydrogen-bond donors (Lipinski definition) is 3. The van der Waals surface area contributed by atoms with Crippen molar-refractivity contribution in [1.82, 2.24) is 5.32 Å². The van der Waals surface area contributed by atoms with Crippen molar-refractivity contribution in [1.29, 1.82) is 0 Å². The third-order valence-electron chi connectivity index (χ3n) is 3.61. The summed E-state index contributed by atoms with van der Waals surface area (Å²) in [6.45, 7) is 2.26. The Morgan fingerprint density at radius 1 is 1.38 bits per heavy atom. The van der Waals surface area contributed by atoms with E-state index in [0.717, 1.165) is 25.8 Å². The van der Waals surface area contributed by atoms with Crippen LogP contribution in [0.25, 0.3) is 0 Å². The van der Waals surface area contributed by atoms with Crippen molar-refractivity contribution < 1.29 is 19.4 Å². The highest BCUT2D eigenvalue weighted by molar-refractivity contribution is 5.99. The second-order valence-electron chi connectivity index (χ2n) is 5.35. The molecule has 6 heteroatoms. The SMILES string of the molecule is CC1(C(=O)Nc2ccccc2OCC(=O)O)CCCCN1. The van der Waals surface area contributed by atoms with Gasteiger partial charge in [0, 0.05) is 0 Å². The number of anilines is 1. The van der Waals surface area contributed by atoms with Crippen LogP contribution in [0.3, 0.4) is 0 Å². The molecule has 1 aromatic carbocycles. The van der Waals surface area contributed by atoms with E-state index in [4.69, 9.17) is 9.84 Å². The van der Waals surface area contributed by atoms with Gasteiger partial charge in [0.05, 0.1) is 11.2 Å². The number of aliphatic carboxylic acids is 1. The molecule has 2 rings (SSSR count). The molecule has 1 amide bonds. The summed E-state index contributed by atoms with van der Waals surface area (Å²) in [5, 5.41) is 14.7. The molecule has 1 fully saturated rings. The zero-order valence-electron chi connectivity index (χ0n) is 12.0. The largest absolute Gasteiger partial charge is 0.480 e. The van der Waals surface area contributed by atoms with E-state index in [-0.39, 0.29) is 5.91 Å². The van der Waals surface area contributed by atoms with Crippen molar-refractivity contribution in [3.63, 3.8) is 0 Å². The highest BCUT2D eigenvalue weighted by Gasteiger charge is 2.34. The molecule has 114 valence electrons. The van der Waals surface area contributed by atoms with Gasteiger partial charge < -0.3 is 20.5 Å². The first-order valence-electron chi connectivity index (χ1n) is 7.01. The first-order chi connectivity index (χ1) is 10.0. The number of carbonyl (C=O) groups excluding carboxylic acids is 1. The van der Waals surface area contributed by atoms with Crippen molar-refractivity contribution in [2.45, 2.75) is 31.7 Å². The molecule has 3 N–H and O–H groups in total. The lowest BCUT2D eigenvalue weighted by molar-refractivity contribution is -0.139. The number of nitrogens with one attached hydrogen (secondary N) is 2. The summed E-state index contributed by atoms with van der Waals surface area (Å²) in [5.74, 6) is -0.835. The fraction of sp³-hybridized carbons (Fsp3) is 0.467. The molecular formula is C15H20N2O4. The van der Waals surface area contributed by atoms with Gasteiger partial charge in [-0.05, 0) is 44.9 Å². The van der Waals surface area contributed by atoms with Crippen LogP contribution in [0.1, 0.15) is 26.2 Å². The lowest BCUT2D eigenvalue weighted by Crippen LogP contribution is -2.54. The summed E-state index contributed by atoms with van der Waals surface area (Å²) in [6.07, 6.45) is 2.85. The van der Waals surface area contributed by atoms with Crippen LogP contribution in [0.4, 0.5) is 5.69 Å². The quantitative estimate of drug-likeness (QED) is 0.767. The molecule has 0 spiro atoms. The van der Waals surface area contributed by atoms with E-state index >= 15 is 0 Å². The van der Waals surface area contributed by atoms with E-state index in [1.165, 1.54) is 0 Å². The highest BCUT2D eigenvalue weighted by atomic mass is 16.5. The molecule has 1 unspecified atom stereocenters. The van der Waals surface area contributed by atoms with Crippen LogP contribution >= 0.6 is 0 Å². The van der Waals surface area contributed by atoms with Gasteiger partial charge in [-0.25, -0.2) is 4.79 Å². The van der Waals surface area contributed by atoms with Gasteiger partial charge in [-0.3, -0.25) is 4.79 Å². The van der Waals surface area contributed by atoms with Gasteiger partial charge in [-0.15, -0.1) is 0 Å². The number of carboxylic acids is 1. The molecule has 1 saturated heterocycles. The van der Waals surface area contributed by atoms with Gasteiger partial charge in [-0.2, -0.15) is 0 Å². The van der Waals surface area contributed by atoms with Crippen molar-refractivity contribution in [2.75, 3.05) is 18.5 Å². The molecule has 0 aliphatic carbocycles. The van der Waals surface area contributed by atoms with Crippen molar-refractivity contribution in [3.05, 3.63) is 24.3 Å². The maximum absolute atomic E-state index is 12.4. The Hall–Kier alpha value is -2.08. The van der Waals surface area contributed by atoms with Crippen LogP contribution in [-0.4, -0.2) is 35.7 Å². The highest BCUT2D eigenvalue weighted by Crippen LogP contribution is 2.26. The second kappa shape index (κ2) is 6.58. The molecule has 0 bridgehead atoms. The Kier molecular flexibility index (Phi) is 4.80. The molecule has 21 heavy (non-hydrogen) atoms. The van der Waals surface area contributed by atoms with E-state index in [1.54, 1.807) is 24.3 Å². The number of hydrogen-bond acceptors (Lipinski definition) is 4. The summed E-state index contributed by atoms with van der Waals surface area (Å²) >= 11 is 0. The number of piperidine rings is 1. The average molecular weight is 292 g/mol. The Bertz CT molecular complexity index is 524. The predicted octanol–water partition coefficient (Wildman–Crippen LogP) is 1.62. The Morgan fingerprint density at radius 2 is 2.14 bits per heavy atom. The van der Waals surface area contributed by atoms with Crippen LogP contribution < -0.4 is 15.4 Å². The van der Waals surface area contributed by atoms with E-state index in [1.807, 2.05) is 6.92 Å². The van der Waals surface area contributed by atoms with Crippen molar-refractivity contribution in [2.24, 2.45) is 0 Å². The molecule has 1 aromatic rings. The Morgan fingerprint density at radius 3 is 2.81 bits per heavy atom. The third-order valence-corrected chi connectivity index (χ3v) is 3.61. The fourth-order valence-corrected chi connectivity index (χ4v) is 2.35. The van der Waals surface area contributed by atoms with Crippen molar-refractivity contribution in [3.8, 4) is 5.75 Å². The van der Waals surface area contributed by atoms with E-state index in [0.29, 0.717) is 11.4 Å². The van der Waals surface area contributed by atoms with Gasteiger partial charge in [0.1, 0.15) is 5.75 Å². The van der Waals surface area contributed by atoms with Crippen LogP contribution in [0.5, 0.6) is 5.75 Å². The summed E-state index contributed by atoms with van der Waals surface area (Å²) in [5.41, 5.74) is -0.115. The van der Waals surface area contributed by atoms with Gasteiger partial charge in [0.2, 0.25) is 5.91 Å². The van der Waals surface area contributed by atoms with E-state index < -0.39 is 18.1 Å². The van der Waals surface area contributed by atoms with Gasteiger partial charge in [-0.1, -0.05) is 12.1 Å². The van der Waals surface area contributed by atoms with Gasteiger partial charge in [0.15, 0.2) is 6.61 Å². The van der Waals surface area contributed by atoms with Crippen LogP contribution in [-0.2, 0) is 9.59 Å². The molecule has 1 aliphatic heterocycles. The summed E-state index contributed by atoms with van der Waals surface area (Å²) in [4.78, 5) is 23.0. The van der Waals surface area contributed by atoms with E-state index in [2.05, 4.69) is 10.6 Å². The summed E-state index contributed by atoms with van der Waals surface area (Å²) < 4.78 is 5.19. The van der Waals surface area contributed by atoms with Crippen LogP contribution in [0, 0.1) is 0 Å². The lowest BCUT2D eigenvalue weighted by Gasteiger charge is -2.33. The van der Waals surface area contributed by atoms with E-state index in [9.17, 15) is 9.59 Å². The smallest absolute Gasteiger partial charge is 0.341 e. The lowest BCUT2D eigenvalue weighted by atomic mass is 9.90. The van der Waals surface area contributed by atoms with Crippen LogP contribution in [0.2, 0.25) is 0 Å². The number of para-hydroxylation sites is 2. The molecule has 0 saturated carbocycles. The zero-order chi connectivity index (χ0) is 15.3. The molecule has 6 nitrogen and oxygen atoms in total.